The average molecular weight is 1180 g/mol. The molecule has 1 saturated heterocycles. The average Bonchev–Trinajstić information content (AvgIpc) is 3.53. The molecule has 4 rings (SSSR count). The molecular formula is C60H96N12O12. The maximum Gasteiger partial charge on any atom is 0.277 e. The Bertz CT molecular complexity index is 2640. The standard InChI is InChI=1S/C60H96N12O12/c1-35(2)29-42(50(76)64-44(31-37(5)6)52(78)69-59(12,13)56(82)70-57(8,9)54(80)61-27-24-47(73)67-60(25-18-26-60)34-71(14)15)65-55(81)58(10,11)68-51(77)43(30-36(3)4)63-48(74)41(32-39-20-22-40(83-16)23-21-39)49(75)66-46-19-17-28-72(46)53(79)45-33-84-38(7)62-45/h20-23,33,35-37,41-44,46H,17-19,24-32,34H2,1-16H3,(H,61,80)(H,63,74)(H,64,76)(H,65,81)(H,66,75)(H,67,73)(H,68,77)(H,69,78)(H,70,82)/t41-,42-,43-,44-,46-/m0/s1. The van der Waals surface area contributed by atoms with Crippen molar-refractivity contribution >= 4 is 59.1 Å². The number of carbonyl (C=O) groups excluding carboxylic acids is 10. The lowest BCUT2D eigenvalue weighted by Crippen LogP contribution is -2.65. The topological polar surface area (TPSA) is 321 Å². The number of hydrogen-bond acceptors (Lipinski definition) is 14. The van der Waals surface area contributed by atoms with Crippen LogP contribution in [0.4, 0.5) is 0 Å². The number of carbonyl (C=O) groups is 10. The minimum atomic E-state index is -1.69. The van der Waals surface area contributed by atoms with E-state index in [0.717, 1.165) is 19.3 Å². The zero-order valence-corrected chi connectivity index (χ0v) is 52.4. The molecular weight excluding hydrogens is 1080 g/mol. The molecule has 468 valence electrons. The molecule has 2 aliphatic rings. The minimum Gasteiger partial charge on any atom is -0.497 e. The Hall–Kier alpha value is -7.11. The van der Waals surface area contributed by atoms with Gasteiger partial charge in [0.2, 0.25) is 53.2 Å². The van der Waals surface area contributed by atoms with Gasteiger partial charge in [-0.1, -0.05) is 53.7 Å². The van der Waals surface area contributed by atoms with Crippen molar-refractivity contribution in [1.82, 2.24) is 62.6 Å². The van der Waals surface area contributed by atoms with E-state index < -0.39 is 100.0 Å². The first-order chi connectivity index (χ1) is 39.1. The molecule has 0 bridgehead atoms. The van der Waals surface area contributed by atoms with E-state index in [1.165, 1.54) is 59.8 Å². The predicted octanol–water partition coefficient (Wildman–Crippen LogP) is 2.91. The summed E-state index contributed by atoms with van der Waals surface area (Å²) in [7, 11) is 5.41. The van der Waals surface area contributed by atoms with Gasteiger partial charge in [0.25, 0.3) is 5.91 Å². The molecule has 24 heteroatoms. The van der Waals surface area contributed by atoms with Crippen LogP contribution < -0.4 is 52.6 Å². The van der Waals surface area contributed by atoms with Gasteiger partial charge in [-0.3, -0.25) is 47.9 Å². The third-order valence-corrected chi connectivity index (χ3v) is 14.9. The van der Waals surface area contributed by atoms with Gasteiger partial charge in [0.1, 0.15) is 58.8 Å². The number of aryl methyl sites for hydroxylation is 1. The molecule has 0 unspecified atom stereocenters. The molecule has 10 amide bonds. The van der Waals surface area contributed by atoms with E-state index in [9.17, 15) is 47.9 Å². The van der Waals surface area contributed by atoms with Crippen molar-refractivity contribution in [2.45, 2.75) is 201 Å². The number of aromatic nitrogens is 1. The third-order valence-electron chi connectivity index (χ3n) is 14.9. The summed E-state index contributed by atoms with van der Waals surface area (Å²) in [4.78, 5) is 147. The summed E-state index contributed by atoms with van der Waals surface area (Å²) in [5.74, 6) is -7.14. The van der Waals surface area contributed by atoms with E-state index >= 15 is 0 Å². The van der Waals surface area contributed by atoms with Crippen molar-refractivity contribution in [3.8, 4) is 5.75 Å². The number of ether oxygens (including phenoxy) is 1. The lowest BCUT2D eigenvalue weighted by atomic mass is 9.76. The maximum atomic E-state index is 14.5. The number of nitrogens with zero attached hydrogens (tertiary/aromatic N) is 3. The van der Waals surface area contributed by atoms with Gasteiger partial charge in [-0.05, 0) is 149 Å². The highest BCUT2D eigenvalue weighted by molar-refractivity contribution is 6.03. The van der Waals surface area contributed by atoms with Crippen molar-refractivity contribution in [1.29, 1.82) is 0 Å². The summed E-state index contributed by atoms with van der Waals surface area (Å²) in [6.45, 7) is 22.6. The van der Waals surface area contributed by atoms with Crippen molar-refractivity contribution in [3.05, 3.63) is 47.7 Å². The lowest BCUT2D eigenvalue weighted by Gasteiger charge is -2.44. The highest BCUT2D eigenvalue weighted by atomic mass is 16.5. The van der Waals surface area contributed by atoms with Crippen LogP contribution in [0.3, 0.4) is 0 Å². The SMILES string of the molecule is COc1ccc(C[C@@H](C(=O)N[C@@H](CC(C)C)C(=O)NC(C)(C)C(=O)N[C@@H](CC(C)C)C(=O)N[C@@H](CC(C)C)C(=O)NC(C)(C)C(=O)NC(C)(C)C(=O)NCCC(=O)NC2(CN(C)C)CCC2)C(=O)N[C@@H]2CCCN2C(=O)c2coc(C)n2)cc1. The zero-order chi connectivity index (χ0) is 63.1. The summed E-state index contributed by atoms with van der Waals surface area (Å²) in [5, 5.41) is 25.3. The normalized spacial score (nSPS) is 16.6. The Kier molecular flexibility index (Phi) is 24.9. The monoisotopic (exact) mass is 1180 g/mol. The largest absolute Gasteiger partial charge is 0.497 e. The number of likely N-dealkylation sites (N-methyl/N-ethyl adjacent to an activating group) is 1. The van der Waals surface area contributed by atoms with Gasteiger partial charge in [0, 0.05) is 33.0 Å². The minimum absolute atomic E-state index is 0.0397. The van der Waals surface area contributed by atoms with E-state index in [1.54, 1.807) is 31.2 Å². The fourth-order valence-corrected chi connectivity index (χ4v) is 10.1. The van der Waals surface area contributed by atoms with Crippen LogP contribution >= 0.6 is 0 Å². The number of oxazole rings is 1. The number of likely N-dealkylation sites (tertiary alicyclic amines) is 1. The van der Waals surface area contributed by atoms with Gasteiger partial charge in [-0.25, -0.2) is 4.98 Å². The van der Waals surface area contributed by atoms with E-state index in [1.807, 2.05) is 60.5 Å². The van der Waals surface area contributed by atoms with Gasteiger partial charge in [0.05, 0.1) is 12.6 Å². The molecule has 5 atom stereocenters. The van der Waals surface area contributed by atoms with Crippen LogP contribution in [0.25, 0.3) is 0 Å². The first-order valence-corrected chi connectivity index (χ1v) is 29.4. The molecule has 1 aromatic carbocycles. The number of benzene rings is 1. The van der Waals surface area contributed by atoms with Crippen LogP contribution in [0.2, 0.25) is 0 Å². The molecule has 1 aliphatic heterocycles. The zero-order valence-electron chi connectivity index (χ0n) is 52.4. The summed E-state index contributed by atoms with van der Waals surface area (Å²) in [5.41, 5.74) is -4.32. The molecule has 2 fully saturated rings. The summed E-state index contributed by atoms with van der Waals surface area (Å²) < 4.78 is 10.6. The van der Waals surface area contributed by atoms with Crippen LogP contribution in [0.1, 0.15) is 163 Å². The van der Waals surface area contributed by atoms with E-state index in [4.69, 9.17) is 9.15 Å². The second-order valence-electron chi connectivity index (χ2n) is 25.8. The Morgan fingerprint density at radius 2 is 1.21 bits per heavy atom. The molecule has 2 heterocycles. The summed E-state index contributed by atoms with van der Waals surface area (Å²) >= 11 is 0. The van der Waals surface area contributed by atoms with Gasteiger partial charge in [-0.15, -0.1) is 0 Å². The molecule has 84 heavy (non-hydrogen) atoms. The molecule has 1 aliphatic carbocycles. The Labute approximate surface area is 495 Å². The van der Waals surface area contributed by atoms with Gasteiger partial charge in [-0.2, -0.15) is 0 Å². The number of rotatable bonds is 31. The van der Waals surface area contributed by atoms with Crippen molar-refractivity contribution < 1.29 is 57.1 Å². The quantitative estimate of drug-likeness (QED) is 0.0491. The van der Waals surface area contributed by atoms with Crippen LogP contribution in [-0.2, 0) is 49.6 Å². The van der Waals surface area contributed by atoms with Crippen molar-refractivity contribution in [3.63, 3.8) is 0 Å². The number of amides is 10. The lowest BCUT2D eigenvalue weighted by molar-refractivity contribution is -0.140. The molecule has 1 aromatic heterocycles. The molecule has 1 saturated carbocycles. The number of nitrogens with one attached hydrogen (secondary N) is 9. The van der Waals surface area contributed by atoms with Crippen LogP contribution in [0.15, 0.2) is 34.9 Å². The summed E-state index contributed by atoms with van der Waals surface area (Å²) in [6, 6.07) is 3.20. The van der Waals surface area contributed by atoms with E-state index in [0.29, 0.717) is 43.1 Å². The van der Waals surface area contributed by atoms with Gasteiger partial charge < -0.3 is 66.8 Å². The fourth-order valence-electron chi connectivity index (χ4n) is 10.1. The third kappa shape index (κ3) is 20.6. The summed E-state index contributed by atoms with van der Waals surface area (Å²) in [6.07, 6.45) is 4.62. The van der Waals surface area contributed by atoms with Crippen LogP contribution in [-0.4, -0.2) is 161 Å². The van der Waals surface area contributed by atoms with Crippen LogP contribution in [0, 0.1) is 30.6 Å². The molecule has 24 nitrogen and oxygen atoms in total. The molecule has 0 spiro atoms. The Balaban J connectivity index is 1.44. The van der Waals surface area contributed by atoms with Crippen molar-refractivity contribution in [2.75, 3.05) is 40.8 Å². The maximum absolute atomic E-state index is 14.5. The second-order valence-corrected chi connectivity index (χ2v) is 25.8. The highest BCUT2D eigenvalue weighted by Crippen LogP contribution is 2.32. The molecule has 9 N–H and O–H groups in total. The highest BCUT2D eigenvalue weighted by Gasteiger charge is 2.43. The first kappa shape index (κ1) is 69.4. The van der Waals surface area contributed by atoms with Crippen molar-refractivity contribution in [2.24, 2.45) is 23.7 Å². The van der Waals surface area contributed by atoms with Gasteiger partial charge in [0.15, 0.2) is 11.6 Å². The predicted molar refractivity (Wildman–Crippen MR) is 315 cm³/mol. The Morgan fingerprint density at radius 1 is 0.690 bits per heavy atom. The van der Waals surface area contributed by atoms with E-state index in [-0.39, 0.29) is 73.5 Å². The van der Waals surface area contributed by atoms with E-state index in [2.05, 4.69) is 52.8 Å². The molecule has 0 radical (unpaired) electrons. The first-order valence-electron chi connectivity index (χ1n) is 29.4. The smallest absolute Gasteiger partial charge is 0.277 e. The van der Waals surface area contributed by atoms with Crippen LogP contribution in [0.5, 0.6) is 5.75 Å². The number of hydrogen-bond donors (Lipinski definition) is 9. The van der Waals surface area contributed by atoms with Gasteiger partial charge >= 0.3 is 0 Å². The fraction of sp³-hybridized carbons (Fsp3) is 0.683. The Morgan fingerprint density at radius 3 is 1.70 bits per heavy atom. The molecule has 2 aromatic rings. The number of methoxy groups -OCH3 is 1. The second kappa shape index (κ2) is 30.1.